The number of hydrogen-bond acceptors (Lipinski definition) is 0. The highest BCUT2D eigenvalue weighted by molar-refractivity contribution is 9.10. The molecule has 0 nitrogen and oxygen atoms in total. The van der Waals surface area contributed by atoms with Crippen LogP contribution in [0.3, 0.4) is 0 Å². The summed E-state index contributed by atoms with van der Waals surface area (Å²) < 4.78 is 27.4. The van der Waals surface area contributed by atoms with Gasteiger partial charge in [-0.3, -0.25) is 0 Å². The summed E-state index contributed by atoms with van der Waals surface area (Å²) in [6, 6.07) is 9.35. The zero-order chi connectivity index (χ0) is 14.0. The molecule has 0 aromatic heterocycles. The molecule has 0 fully saturated rings. The van der Waals surface area contributed by atoms with E-state index in [-0.39, 0.29) is 5.38 Å². The maximum Gasteiger partial charge on any atom is 0.129 e. The number of benzene rings is 2. The van der Waals surface area contributed by atoms with Crippen LogP contribution in [0.15, 0.2) is 40.9 Å². The van der Waals surface area contributed by atoms with Crippen LogP contribution < -0.4 is 0 Å². The second-order valence-electron chi connectivity index (χ2n) is 4.42. The molecule has 19 heavy (non-hydrogen) atoms. The summed E-state index contributed by atoms with van der Waals surface area (Å²) in [4.78, 5) is 0. The van der Waals surface area contributed by atoms with Crippen molar-refractivity contribution in [1.82, 2.24) is 0 Å². The van der Waals surface area contributed by atoms with Gasteiger partial charge in [0.25, 0.3) is 0 Å². The Morgan fingerprint density at radius 3 is 2.53 bits per heavy atom. The largest absolute Gasteiger partial charge is 0.207 e. The minimum atomic E-state index is -0.578. The van der Waals surface area contributed by atoms with Crippen LogP contribution >= 0.6 is 27.5 Å². The summed E-state index contributed by atoms with van der Waals surface area (Å²) in [5, 5.41) is -0.350. The van der Waals surface area contributed by atoms with E-state index >= 15 is 0 Å². The van der Waals surface area contributed by atoms with Crippen molar-refractivity contribution in [1.29, 1.82) is 0 Å². The van der Waals surface area contributed by atoms with Gasteiger partial charge in [-0.05, 0) is 42.2 Å². The summed E-state index contributed by atoms with van der Waals surface area (Å²) in [5.74, 6) is -1.14. The summed E-state index contributed by atoms with van der Waals surface area (Å²) in [6.45, 7) is 1.98. The van der Waals surface area contributed by atoms with Gasteiger partial charge in [-0.15, -0.1) is 11.6 Å². The highest BCUT2D eigenvalue weighted by atomic mass is 79.9. The molecule has 1 unspecified atom stereocenters. The Labute approximate surface area is 124 Å². The van der Waals surface area contributed by atoms with E-state index in [0.717, 1.165) is 21.7 Å². The van der Waals surface area contributed by atoms with Crippen LogP contribution in [0.5, 0.6) is 0 Å². The van der Waals surface area contributed by atoms with Gasteiger partial charge in [0.1, 0.15) is 11.6 Å². The van der Waals surface area contributed by atoms with Crippen molar-refractivity contribution >= 4 is 27.5 Å². The molecule has 100 valence electrons. The van der Waals surface area contributed by atoms with E-state index in [1.807, 2.05) is 25.1 Å². The van der Waals surface area contributed by atoms with Crippen molar-refractivity contribution in [2.45, 2.75) is 18.7 Å². The molecule has 1 atom stereocenters. The first-order chi connectivity index (χ1) is 8.97. The lowest BCUT2D eigenvalue weighted by Crippen LogP contribution is -1.99. The van der Waals surface area contributed by atoms with Crippen molar-refractivity contribution in [3.63, 3.8) is 0 Å². The number of aryl methyl sites for hydroxylation is 1. The van der Waals surface area contributed by atoms with Gasteiger partial charge in [-0.25, -0.2) is 8.78 Å². The molecule has 2 aromatic rings. The SMILES string of the molecule is Cc1ccc(C(Cl)Cc2ccc(F)cc2F)cc1Br. The molecule has 0 amide bonds. The lowest BCUT2D eigenvalue weighted by atomic mass is 10.0. The zero-order valence-electron chi connectivity index (χ0n) is 10.3. The van der Waals surface area contributed by atoms with Crippen LogP contribution in [-0.4, -0.2) is 0 Å². The smallest absolute Gasteiger partial charge is 0.129 e. The van der Waals surface area contributed by atoms with E-state index in [1.165, 1.54) is 12.1 Å². The Hall–Kier alpha value is -0.930. The lowest BCUT2D eigenvalue weighted by Gasteiger charge is -2.12. The quantitative estimate of drug-likeness (QED) is 0.639. The average molecular weight is 346 g/mol. The third-order valence-electron chi connectivity index (χ3n) is 2.97. The summed E-state index contributed by atoms with van der Waals surface area (Å²) in [6.07, 6.45) is 0.323. The van der Waals surface area contributed by atoms with Gasteiger partial charge in [-0.2, -0.15) is 0 Å². The van der Waals surface area contributed by atoms with Gasteiger partial charge >= 0.3 is 0 Å². The summed E-state index contributed by atoms with van der Waals surface area (Å²) in [7, 11) is 0. The predicted octanol–water partition coefficient (Wildman–Crippen LogP) is 5.56. The molecule has 4 heteroatoms. The predicted molar refractivity (Wildman–Crippen MR) is 77.5 cm³/mol. The molecule has 0 aliphatic carbocycles. The van der Waals surface area contributed by atoms with Gasteiger partial charge < -0.3 is 0 Å². The minimum Gasteiger partial charge on any atom is -0.207 e. The molecule has 0 spiro atoms. The first kappa shape index (κ1) is 14.5. The van der Waals surface area contributed by atoms with Gasteiger partial charge in [0.15, 0.2) is 0 Å². The van der Waals surface area contributed by atoms with Gasteiger partial charge in [0.05, 0.1) is 5.38 Å². The Kier molecular flexibility index (Phi) is 4.58. The normalized spacial score (nSPS) is 12.5. The maximum atomic E-state index is 13.6. The monoisotopic (exact) mass is 344 g/mol. The van der Waals surface area contributed by atoms with E-state index in [4.69, 9.17) is 11.6 Å². The van der Waals surface area contributed by atoms with Crippen molar-refractivity contribution < 1.29 is 8.78 Å². The maximum absolute atomic E-state index is 13.6. The summed E-state index contributed by atoms with van der Waals surface area (Å²) in [5.41, 5.74) is 2.43. The molecule has 0 aliphatic rings. The molecule has 0 saturated carbocycles. The molecule has 0 aliphatic heterocycles. The van der Waals surface area contributed by atoms with Crippen LogP contribution in [0, 0.1) is 18.6 Å². The Morgan fingerprint density at radius 1 is 1.16 bits per heavy atom. The van der Waals surface area contributed by atoms with Gasteiger partial charge in [-0.1, -0.05) is 34.1 Å². The molecule has 0 saturated heterocycles. The van der Waals surface area contributed by atoms with E-state index in [9.17, 15) is 8.78 Å². The Morgan fingerprint density at radius 2 is 1.89 bits per heavy atom. The van der Waals surface area contributed by atoms with Gasteiger partial charge in [0.2, 0.25) is 0 Å². The van der Waals surface area contributed by atoms with E-state index < -0.39 is 11.6 Å². The fraction of sp³-hybridized carbons (Fsp3) is 0.200. The van der Waals surface area contributed by atoms with Gasteiger partial charge in [0, 0.05) is 10.5 Å². The van der Waals surface area contributed by atoms with Crippen LogP contribution in [0.4, 0.5) is 8.78 Å². The van der Waals surface area contributed by atoms with Crippen molar-refractivity contribution in [3.05, 3.63) is 69.2 Å². The molecule has 0 N–H and O–H groups in total. The number of alkyl halides is 1. The topological polar surface area (TPSA) is 0 Å². The lowest BCUT2D eigenvalue weighted by molar-refractivity contribution is 0.570. The van der Waals surface area contributed by atoms with E-state index in [0.29, 0.717) is 12.0 Å². The Balaban J connectivity index is 2.20. The molecule has 2 rings (SSSR count). The van der Waals surface area contributed by atoms with Crippen molar-refractivity contribution in [3.8, 4) is 0 Å². The molecule has 0 heterocycles. The van der Waals surface area contributed by atoms with Crippen LogP contribution in [-0.2, 0) is 6.42 Å². The third-order valence-corrected chi connectivity index (χ3v) is 4.23. The second-order valence-corrected chi connectivity index (χ2v) is 5.80. The third kappa shape index (κ3) is 3.54. The average Bonchev–Trinajstić information content (AvgIpc) is 2.36. The van der Waals surface area contributed by atoms with Crippen molar-refractivity contribution in [2.24, 2.45) is 0 Å². The fourth-order valence-corrected chi connectivity index (χ4v) is 2.50. The zero-order valence-corrected chi connectivity index (χ0v) is 12.6. The molecular formula is C15H12BrClF2. The molecule has 0 bridgehead atoms. The van der Waals surface area contributed by atoms with Crippen molar-refractivity contribution in [2.75, 3.05) is 0 Å². The van der Waals surface area contributed by atoms with E-state index in [1.54, 1.807) is 0 Å². The number of hydrogen-bond donors (Lipinski definition) is 0. The highest BCUT2D eigenvalue weighted by Crippen LogP contribution is 2.29. The Bertz CT molecular complexity index is 599. The molecule has 0 radical (unpaired) electrons. The van der Waals surface area contributed by atoms with Crippen LogP contribution in [0.2, 0.25) is 0 Å². The van der Waals surface area contributed by atoms with E-state index in [2.05, 4.69) is 15.9 Å². The first-order valence-electron chi connectivity index (χ1n) is 5.81. The summed E-state index contributed by atoms with van der Waals surface area (Å²) >= 11 is 9.74. The van der Waals surface area contributed by atoms with Crippen LogP contribution in [0.25, 0.3) is 0 Å². The molecule has 2 aromatic carbocycles. The number of rotatable bonds is 3. The first-order valence-corrected chi connectivity index (χ1v) is 7.04. The molecular weight excluding hydrogens is 334 g/mol. The van der Waals surface area contributed by atoms with Crippen LogP contribution in [0.1, 0.15) is 22.1 Å². The number of halogens is 4. The standard InChI is InChI=1S/C15H12BrClF2/c1-9-2-3-10(6-13(9)16)14(17)7-11-4-5-12(18)8-15(11)19/h2-6,8,14H,7H2,1H3. The highest BCUT2D eigenvalue weighted by Gasteiger charge is 2.13. The minimum absolute atomic E-state index is 0.323. The second kappa shape index (κ2) is 6.02. The fourth-order valence-electron chi connectivity index (χ4n) is 1.80.